The molecule has 6 nitrogen and oxygen atoms in total. The number of aliphatic hydroxyl groups excluding tert-OH is 2. The molecule has 0 fully saturated rings. The van der Waals surface area contributed by atoms with Crippen molar-refractivity contribution in [1.29, 1.82) is 0 Å². The first-order chi connectivity index (χ1) is 5.66. The van der Waals surface area contributed by atoms with E-state index in [4.69, 9.17) is 5.11 Å². The van der Waals surface area contributed by atoms with Crippen LogP contribution in [-0.4, -0.2) is 37.7 Å². The number of nitrogens with one attached hydrogen (secondary N) is 1. The minimum atomic E-state index is -0.944. The molecule has 0 radical (unpaired) electrons. The molecular weight excluding hydrogens is 162 g/mol. The summed E-state index contributed by atoms with van der Waals surface area (Å²) in [6.45, 7) is 1.25. The Kier molecular flexibility index (Phi) is 2.61. The molecule has 68 valence electrons. The molecule has 0 aliphatic rings. The number of aliphatic hydroxyl groups is 2. The maximum absolute atomic E-state index is 10.9. The predicted octanol–water partition coefficient (Wildman–Crippen LogP) is -1.51. The molecule has 0 bridgehead atoms. The number of aromatic amines is 1. The van der Waals surface area contributed by atoms with Crippen LogP contribution in [0, 0.1) is 0 Å². The van der Waals surface area contributed by atoms with E-state index in [1.165, 1.54) is 10.9 Å². The van der Waals surface area contributed by atoms with Gasteiger partial charge in [-0.05, 0) is 6.92 Å². The standard InChI is InChI=1S/C6H11N3O3/c1-4(5(11)2-10)9-3-7-8-6(9)12/h3-5,10-11H,2H2,1H3,(H,8,12). The van der Waals surface area contributed by atoms with E-state index in [1.807, 2.05) is 0 Å². The quantitative estimate of drug-likeness (QED) is 0.518. The Morgan fingerprint density at radius 1 is 1.83 bits per heavy atom. The van der Waals surface area contributed by atoms with Crippen LogP contribution < -0.4 is 5.69 Å². The summed E-state index contributed by atoms with van der Waals surface area (Å²) in [6.07, 6.45) is 0.339. The summed E-state index contributed by atoms with van der Waals surface area (Å²) >= 11 is 0. The summed E-state index contributed by atoms with van der Waals surface area (Å²) in [5.41, 5.74) is -0.394. The van der Waals surface area contributed by atoms with E-state index >= 15 is 0 Å². The Balaban J connectivity index is 2.84. The SMILES string of the molecule is CC(C(O)CO)n1cn[nH]c1=O. The molecule has 0 saturated heterocycles. The van der Waals surface area contributed by atoms with E-state index in [1.54, 1.807) is 6.92 Å². The molecule has 0 amide bonds. The summed E-state index contributed by atoms with van der Waals surface area (Å²) < 4.78 is 1.22. The molecule has 0 saturated carbocycles. The molecule has 0 aromatic carbocycles. The van der Waals surface area contributed by atoms with Crippen LogP contribution in [0.4, 0.5) is 0 Å². The van der Waals surface area contributed by atoms with E-state index in [0.717, 1.165) is 0 Å². The summed E-state index contributed by atoms with van der Waals surface area (Å²) in [7, 11) is 0. The van der Waals surface area contributed by atoms with Crippen molar-refractivity contribution in [3.63, 3.8) is 0 Å². The Morgan fingerprint density at radius 3 is 2.92 bits per heavy atom. The van der Waals surface area contributed by atoms with E-state index < -0.39 is 17.8 Å². The predicted molar refractivity (Wildman–Crippen MR) is 40.7 cm³/mol. The highest BCUT2D eigenvalue weighted by Crippen LogP contribution is 2.05. The largest absolute Gasteiger partial charge is 0.394 e. The van der Waals surface area contributed by atoms with Gasteiger partial charge in [0.15, 0.2) is 0 Å². The van der Waals surface area contributed by atoms with Gasteiger partial charge in [0.05, 0.1) is 18.8 Å². The monoisotopic (exact) mass is 173 g/mol. The fraction of sp³-hybridized carbons (Fsp3) is 0.667. The van der Waals surface area contributed by atoms with Crippen molar-refractivity contribution in [2.45, 2.75) is 19.1 Å². The van der Waals surface area contributed by atoms with Crippen molar-refractivity contribution in [1.82, 2.24) is 14.8 Å². The van der Waals surface area contributed by atoms with Gasteiger partial charge in [-0.25, -0.2) is 9.89 Å². The Morgan fingerprint density at radius 2 is 2.50 bits per heavy atom. The zero-order chi connectivity index (χ0) is 9.14. The smallest absolute Gasteiger partial charge is 0.343 e. The third-order valence-corrected chi connectivity index (χ3v) is 1.76. The maximum atomic E-state index is 10.9. The number of aromatic nitrogens is 3. The summed E-state index contributed by atoms with van der Waals surface area (Å²) in [5.74, 6) is 0. The van der Waals surface area contributed by atoms with Crippen LogP contribution in [0.5, 0.6) is 0 Å². The van der Waals surface area contributed by atoms with Crippen molar-refractivity contribution < 1.29 is 10.2 Å². The van der Waals surface area contributed by atoms with E-state index in [9.17, 15) is 9.90 Å². The van der Waals surface area contributed by atoms with Gasteiger partial charge in [-0.15, -0.1) is 0 Å². The van der Waals surface area contributed by atoms with Crippen LogP contribution in [0.15, 0.2) is 11.1 Å². The topological polar surface area (TPSA) is 91.1 Å². The molecule has 3 N–H and O–H groups in total. The van der Waals surface area contributed by atoms with Gasteiger partial charge in [0.2, 0.25) is 0 Å². The second-order valence-corrected chi connectivity index (χ2v) is 2.56. The van der Waals surface area contributed by atoms with Gasteiger partial charge in [-0.3, -0.25) is 4.57 Å². The van der Waals surface area contributed by atoms with Crippen molar-refractivity contribution in [3.8, 4) is 0 Å². The highest BCUT2D eigenvalue weighted by Gasteiger charge is 2.16. The first kappa shape index (κ1) is 8.95. The van der Waals surface area contributed by atoms with Crippen LogP contribution in [0.2, 0.25) is 0 Å². The molecule has 1 rings (SSSR count). The lowest BCUT2D eigenvalue weighted by Crippen LogP contribution is -2.30. The lowest BCUT2D eigenvalue weighted by molar-refractivity contribution is 0.0564. The van der Waals surface area contributed by atoms with Crippen molar-refractivity contribution in [3.05, 3.63) is 16.8 Å². The van der Waals surface area contributed by atoms with E-state index in [2.05, 4.69) is 10.2 Å². The van der Waals surface area contributed by atoms with Gasteiger partial charge < -0.3 is 10.2 Å². The normalized spacial score (nSPS) is 15.9. The zero-order valence-corrected chi connectivity index (χ0v) is 6.64. The van der Waals surface area contributed by atoms with Crippen LogP contribution >= 0.6 is 0 Å². The second-order valence-electron chi connectivity index (χ2n) is 2.56. The fourth-order valence-corrected chi connectivity index (χ4v) is 0.885. The summed E-state index contributed by atoms with van der Waals surface area (Å²) in [5, 5.41) is 23.5. The minimum absolute atomic E-state index is 0.376. The van der Waals surface area contributed by atoms with Gasteiger partial charge in [-0.1, -0.05) is 0 Å². The van der Waals surface area contributed by atoms with Crippen LogP contribution in [0.25, 0.3) is 0 Å². The Hall–Kier alpha value is -1.14. The average Bonchev–Trinajstić information content (AvgIpc) is 2.48. The summed E-state index contributed by atoms with van der Waals surface area (Å²) in [6, 6.07) is -0.471. The lowest BCUT2D eigenvalue weighted by atomic mass is 10.2. The number of nitrogens with zero attached hydrogens (tertiary/aromatic N) is 2. The second kappa shape index (κ2) is 3.51. The van der Waals surface area contributed by atoms with Crippen molar-refractivity contribution >= 4 is 0 Å². The van der Waals surface area contributed by atoms with Crippen molar-refractivity contribution in [2.24, 2.45) is 0 Å². The third kappa shape index (κ3) is 1.54. The molecule has 2 unspecified atom stereocenters. The molecule has 1 aromatic rings. The van der Waals surface area contributed by atoms with Crippen LogP contribution in [-0.2, 0) is 0 Å². The van der Waals surface area contributed by atoms with E-state index in [0.29, 0.717) is 0 Å². The molecule has 6 heteroatoms. The highest BCUT2D eigenvalue weighted by molar-refractivity contribution is 4.75. The Bertz CT molecular complexity index is 292. The fourth-order valence-electron chi connectivity index (χ4n) is 0.885. The summed E-state index contributed by atoms with van der Waals surface area (Å²) in [4.78, 5) is 10.9. The lowest BCUT2D eigenvalue weighted by Gasteiger charge is -2.15. The number of hydrogen-bond donors (Lipinski definition) is 3. The highest BCUT2D eigenvalue weighted by atomic mass is 16.3. The number of rotatable bonds is 3. The molecule has 1 aromatic heterocycles. The van der Waals surface area contributed by atoms with Gasteiger partial charge in [0.25, 0.3) is 0 Å². The molecule has 2 atom stereocenters. The first-order valence-corrected chi connectivity index (χ1v) is 3.57. The average molecular weight is 173 g/mol. The number of hydrogen-bond acceptors (Lipinski definition) is 4. The van der Waals surface area contributed by atoms with Gasteiger partial charge >= 0.3 is 5.69 Å². The molecule has 0 spiro atoms. The molecular formula is C6H11N3O3. The molecule has 12 heavy (non-hydrogen) atoms. The van der Waals surface area contributed by atoms with Gasteiger partial charge in [0.1, 0.15) is 6.33 Å². The van der Waals surface area contributed by atoms with Crippen LogP contribution in [0.3, 0.4) is 0 Å². The third-order valence-electron chi connectivity index (χ3n) is 1.76. The van der Waals surface area contributed by atoms with Gasteiger partial charge in [0, 0.05) is 0 Å². The van der Waals surface area contributed by atoms with E-state index in [-0.39, 0.29) is 6.61 Å². The Labute approximate surface area is 68.5 Å². The first-order valence-electron chi connectivity index (χ1n) is 3.57. The number of H-pyrrole nitrogens is 1. The molecule has 1 heterocycles. The van der Waals surface area contributed by atoms with Gasteiger partial charge in [-0.2, -0.15) is 5.10 Å². The molecule has 0 aliphatic heterocycles. The maximum Gasteiger partial charge on any atom is 0.343 e. The zero-order valence-electron chi connectivity index (χ0n) is 6.64. The molecule has 0 aliphatic carbocycles. The van der Waals surface area contributed by atoms with Crippen LogP contribution in [0.1, 0.15) is 13.0 Å². The van der Waals surface area contributed by atoms with Crippen molar-refractivity contribution in [2.75, 3.05) is 6.61 Å². The minimum Gasteiger partial charge on any atom is -0.394 e.